The number of methoxy groups -OCH3 is 2. The van der Waals surface area contributed by atoms with E-state index in [1.54, 1.807) is 57.2 Å². The van der Waals surface area contributed by atoms with E-state index in [0.29, 0.717) is 22.9 Å². The number of aromatic nitrogens is 2. The van der Waals surface area contributed by atoms with Gasteiger partial charge in [-0.1, -0.05) is 6.07 Å². The number of rotatable bonds is 5. The van der Waals surface area contributed by atoms with Crippen LogP contribution in [-0.2, 0) is 0 Å². The van der Waals surface area contributed by atoms with Crippen LogP contribution < -0.4 is 20.1 Å². The summed E-state index contributed by atoms with van der Waals surface area (Å²) >= 11 is 0. The summed E-state index contributed by atoms with van der Waals surface area (Å²) in [5, 5.41) is 5.54. The maximum absolute atomic E-state index is 12.3. The van der Waals surface area contributed by atoms with Gasteiger partial charge < -0.3 is 20.1 Å². The molecule has 0 radical (unpaired) electrons. The number of ether oxygens (including phenoxy) is 2. The molecule has 3 aromatic rings. The van der Waals surface area contributed by atoms with Gasteiger partial charge in [-0.15, -0.1) is 0 Å². The number of hydrogen-bond acceptors (Lipinski definition) is 5. The molecule has 26 heavy (non-hydrogen) atoms. The monoisotopic (exact) mass is 350 g/mol. The van der Waals surface area contributed by atoms with Crippen molar-refractivity contribution in [3.8, 4) is 22.6 Å². The number of carbonyl (C=O) groups excluding carboxylic acids is 1. The average molecular weight is 350 g/mol. The predicted molar refractivity (Wildman–Crippen MR) is 99.7 cm³/mol. The number of pyridine rings is 2. The highest BCUT2D eigenvalue weighted by molar-refractivity contribution is 6.00. The van der Waals surface area contributed by atoms with E-state index in [1.807, 2.05) is 18.2 Å². The SMILES string of the molecule is COc1cc(NC(=O)Nc2ccncc2)cc(-c2cccnc2)c1OC. The van der Waals surface area contributed by atoms with Gasteiger partial charge in [-0.2, -0.15) is 0 Å². The molecule has 0 saturated heterocycles. The fourth-order valence-corrected chi connectivity index (χ4v) is 2.50. The summed E-state index contributed by atoms with van der Waals surface area (Å²) in [4.78, 5) is 20.3. The van der Waals surface area contributed by atoms with Crippen molar-refractivity contribution in [3.63, 3.8) is 0 Å². The Morgan fingerprint density at radius 1 is 0.923 bits per heavy atom. The summed E-state index contributed by atoms with van der Waals surface area (Å²) in [5.41, 5.74) is 2.82. The molecule has 2 heterocycles. The van der Waals surface area contributed by atoms with E-state index in [-0.39, 0.29) is 6.03 Å². The third-order valence-corrected chi connectivity index (χ3v) is 3.65. The van der Waals surface area contributed by atoms with Crippen molar-refractivity contribution in [2.75, 3.05) is 24.9 Å². The minimum atomic E-state index is -0.374. The molecule has 0 aliphatic heterocycles. The molecule has 0 aliphatic carbocycles. The van der Waals surface area contributed by atoms with E-state index < -0.39 is 0 Å². The van der Waals surface area contributed by atoms with E-state index >= 15 is 0 Å². The van der Waals surface area contributed by atoms with Gasteiger partial charge in [-0.25, -0.2) is 4.79 Å². The van der Waals surface area contributed by atoms with Crippen molar-refractivity contribution in [1.82, 2.24) is 9.97 Å². The second kappa shape index (κ2) is 7.98. The minimum absolute atomic E-state index is 0.374. The van der Waals surface area contributed by atoms with Crippen molar-refractivity contribution in [2.45, 2.75) is 0 Å². The summed E-state index contributed by atoms with van der Waals surface area (Å²) in [6.45, 7) is 0. The first-order valence-electron chi connectivity index (χ1n) is 7.85. The first-order chi connectivity index (χ1) is 12.7. The van der Waals surface area contributed by atoms with Crippen LogP contribution >= 0.6 is 0 Å². The van der Waals surface area contributed by atoms with Crippen molar-refractivity contribution in [1.29, 1.82) is 0 Å². The molecule has 1 aromatic carbocycles. The number of benzene rings is 1. The standard InChI is InChI=1S/C19H18N4O3/c1-25-17-11-15(23-19(24)22-14-5-8-20-9-6-14)10-16(18(17)26-2)13-4-3-7-21-12-13/h3-12H,1-2H3,(H2,20,22,23,24). The number of nitrogens with zero attached hydrogens (tertiary/aromatic N) is 2. The van der Waals surface area contributed by atoms with Gasteiger partial charge in [0.05, 0.1) is 14.2 Å². The van der Waals surface area contributed by atoms with Crippen LogP contribution in [0.2, 0.25) is 0 Å². The predicted octanol–water partition coefficient (Wildman–Crippen LogP) is 3.80. The summed E-state index contributed by atoms with van der Waals surface area (Å²) in [6.07, 6.45) is 6.62. The van der Waals surface area contributed by atoms with Crippen molar-refractivity contribution in [2.24, 2.45) is 0 Å². The number of amides is 2. The number of urea groups is 1. The number of anilines is 2. The number of carbonyl (C=O) groups is 1. The lowest BCUT2D eigenvalue weighted by atomic mass is 10.0. The topological polar surface area (TPSA) is 85.4 Å². The maximum Gasteiger partial charge on any atom is 0.323 e. The van der Waals surface area contributed by atoms with Crippen LogP contribution in [0.15, 0.2) is 61.2 Å². The van der Waals surface area contributed by atoms with Crippen LogP contribution in [0.5, 0.6) is 11.5 Å². The lowest BCUT2D eigenvalue weighted by molar-refractivity contribution is 0.262. The molecule has 3 rings (SSSR count). The molecule has 0 aliphatic rings. The Hall–Kier alpha value is -3.61. The van der Waals surface area contributed by atoms with Gasteiger partial charge in [0.15, 0.2) is 11.5 Å². The molecular formula is C19H18N4O3. The highest BCUT2D eigenvalue weighted by Gasteiger charge is 2.15. The zero-order valence-electron chi connectivity index (χ0n) is 14.4. The fraction of sp³-hybridized carbons (Fsp3) is 0.105. The van der Waals surface area contributed by atoms with Crippen LogP contribution in [-0.4, -0.2) is 30.2 Å². The molecule has 2 aromatic heterocycles. The Morgan fingerprint density at radius 3 is 2.35 bits per heavy atom. The van der Waals surface area contributed by atoms with Gasteiger partial charge in [0.25, 0.3) is 0 Å². The van der Waals surface area contributed by atoms with Crippen LogP contribution in [0, 0.1) is 0 Å². The van der Waals surface area contributed by atoms with E-state index in [2.05, 4.69) is 20.6 Å². The molecule has 7 nitrogen and oxygen atoms in total. The van der Waals surface area contributed by atoms with Gasteiger partial charge in [0, 0.05) is 53.4 Å². The minimum Gasteiger partial charge on any atom is -0.493 e. The summed E-state index contributed by atoms with van der Waals surface area (Å²) in [6, 6.07) is 10.3. The zero-order chi connectivity index (χ0) is 18.4. The molecule has 2 amide bonds. The van der Waals surface area contributed by atoms with E-state index in [0.717, 1.165) is 11.1 Å². The first-order valence-corrected chi connectivity index (χ1v) is 7.85. The fourth-order valence-electron chi connectivity index (χ4n) is 2.50. The van der Waals surface area contributed by atoms with Gasteiger partial charge in [-0.3, -0.25) is 9.97 Å². The smallest absolute Gasteiger partial charge is 0.323 e. The lowest BCUT2D eigenvalue weighted by Crippen LogP contribution is -2.19. The molecular weight excluding hydrogens is 332 g/mol. The van der Waals surface area contributed by atoms with Crippen LogP contribution in [0.3, 0.4) is 0 Å². The largest absolute Gasteiger partial charge is 0.493 e. The molecule has 0 atom stereocenters. The molecule has 0 bridgehead atoms. The second-order valence-corrected chi connectivity index (χ2v) is 5.32. The highest BCUT2D eigenvalue weighted by Crippen LogP contribution is 2.40. The quantitative estimate of drug-likeness (QED) is 0.731. The second-order valence-electron chi connectivity index (χ2n) is 5.32. The third-order valence-electron chi connectivity index (χ3n) is 3.65. The van der Waals surface area contributed by atoms with Crippen molar-refractivity contribution in [3.05, 3.63) is 61.2 Å². The Labute approximate surface area is 151 Å². The molecule has 0 fully saturated rings. The average Bonchev–Trinajstić information content (AvgIpc) is 2.68. The molecule has 0 spiro atoms. The van der Waals surface area contributed by atoms with Crippen LogP contribution in [0.25, 0.3) is 11.1 Å². The summed E-state index contributed by atoms with van der Waals surface area (Å²) in [5.74, 6) is 1.08. The number of nitrogens with one attached hydrogen (secondary N) is 2. The highest BCUT2D eigenvalue weighted by atomic mass is 16.5. The van der Waals surface area contributed by atoms with Crippen LogP contribution in [0.1, 0.15) is 0 Å². The Morgan fingerprint density at radius 2 is 1.69 bits per heavy atom. The van der Waals surface area contributed by atoms with E-state index in [1.165, 1.54) is 0 Å². The molecule has 0 saturated carbocycles. The molecule has 132 valence electrons. The third kappa shape index (κ3) is 3.89. The summed E-state index contributed by atoms with van der Waals surface area (Å²) in [7, 11) is 3.12. The molecule has 2 N–H and O–H groups in total. The normalized spacial score (nSPS) is 10.1. The Balaban J connectivity index is 1.91. The van der Waals surface area contributed by atoms with E-state index in [9.17, 15) is 4.79 Å². The molecule has 7 heteroatoms. The lowest BCUT2D eigenvalue weighted by Gasteiger charge is -2.16. The Bertz CT molecular complexity index is 886. The zero-order valence-corrected chi connectivity index (χ0v) is 14.4. The van der Waals surface area contributed by atoms with Gasteiger partial charge in [-0.05, 0) is 24.3 Å². The van der Waals surface area contributed by atoms with Gasteiger partial charge >= 0.3 is 6.03 Å². The van der Waals surface area contributed by atoms with Crippen molar-refractivity contribution < 1.29 is 14.3 Å². The van der Waals surface area contributed by atoms with Gasteiger partial charge in [0.1, 0.15) is 0 Å². The maximum atomic E-state index is 12.3. The molecule has 0 unspecified atom stereocenters. The number of hydrogen-bond donors (Lipinski definition) is 2. The first kappa shape index (κ1) is 17.2. The van der Waals surface area contributed by atoms with Crippen LogP contribution in [0.4, 0.5) is 16.2 Å². The van der Waals surface area contributed by atoms with Crippen molar-refractivity contribution >= 4 is 17.4 Å². The van der Waals surface area contributed by atoms with Gasteiger partial charge in [0.2, 0.25) is 0 Å². The summed E-state index contributed by atoms with van der Waals surface area (Å²) < 4.78 is 10.9. The Kier molecular flexibility index (Phi) is 5.28. The van der Waals surface area contributed by atoms with E-state index in [4.69, 9.17) is 9.47 Å².